The highest BCUT2D eigenvalue weighted by Gasteiger charge is 2.08. The van der Waals surface area contributed by atoms with E-state index in [0.717, 1.165) is 0 Å². The molecule has 0 radical (unpaired) electrons. The van der Waals surface area contributed by atoms with Crippen molar-refractivity contribution in [1.82, 2.24) is 10.2 Å². The van der Waals surface area contributed by atoms with Gasteiger partial charge in [-0.2, -0.15) is 10.4 Å². The van der Waals surface area contributed by atoms with Crippen molar-refractivity contribution >= 4 is 11.6 Å². The third kappa shape index (κ3) is 2.10. The molecule has 0 aliphatic heterocycles. The number of ether oxygens (including phenoxy) is 1. The summed E-state index contributed by atoms with van der Waals surface area (Å²) >= 11 is 5.91. The first-order chi connectivity index (χ1) is 7.81. The minimum atomic E-state index is 0.151. The van der Waals surface area contributed by atoms with Crippen LogP contribution in [0.3, 0.4) is 0 Å². The number of nitriles is 1. The predicted molar refractivity (Wildman–Crippen MR) is 58.3 cm³/mol. The van der Waals surface area contributed by atoms with Crippen molar-refractivity contribution in [2.24, 2.45) is 0 Å². The summed E-state index contributed by atoms with van der Waals surface area (Å²) < 4.78 is 5.40. The van der Waals surface area contributed by atoms with Crippen LogP contribution in [-0.4, -0.2) is 10.2 Å². The smallest absolute Gasteiger partial charge is 0.257 e. The fraction of sp³-hybridized carbons (Fsp3) is 0. The van der Waals surface area contributed by atoms with E-state index in [1.165, 1.54) is 12.3 Å². The van der Waals surface area contributed by atoms with Crippen molar-refractivity contribution in [3.05, 3.63) is 47.1 Å². The molecule has 0 fully saturated rings. The van der Waals surface area contributed by atoms with Gasteiger partial charge in [-0.1, -0.05) is 23.7 Å². The molecule has 0 amide bonds. The van der Waals surface area contributed by atoms with Gasteiger partial charge in [-0.05, 0) is 18.2 Å². The minimum absolute atomic E-state index is 0.151. The highest BCUT2D eigenvalue weighted by atomic mass is 35.5. The first-order valence-corrected chi connectivity index (χ1v) is 4.83. The zero-order chi connectivity index (χ0) is 11.4. The van der Waals surface area contributed by atoms with Gasteiger partial charge in [0.2, 0.25) is 0 Å². The molecule has 0 saturated carbocycles. The van der Waals surface area contributed by atoms with Crippen LogP contribution in [0.1, 0.15) is 5.56 Å². The lowest BCUT2D eigenvalue weighted by atomic mass is 10.3. The number of hydrogen-bond acceptors (Lipinski definition) is 4. The lowest BCUT2D eigenvalue weighted by Crippen LogP contribution is -1.93. The Kier molecular flexibility index (Phi) is 2.99. The Balaban J connectivity index is 2.35. The summed E-state index contributed by atoms with van der Waals surface area (Å²) in [5, 5.41) is 16.7. The van der Waals surface area contributed by atoms with E-state index in [-0.39, 0.29) is 5.88 Å². The molecule has 78 valence electrons. The van der Waals surface area contributed by atoms with Crippen LogP contribution in [0.4, 0.5) is 0 Å². The zero-order valence-electron chi connectivity index (χ0n) is 8.09. The number of rotatable bonds is 2. The molecule has 1 aromatic heterocycles. The van der Waals surface area contributed by atoms with Gasteiger partial charge in [-0.3, -0.25) is 0 Å². The van der Waals surface area contributed by atoms with Crippen molar-refractivity contribution in [1.29, 1.82) is 5.26 Å². The molecule has 0 atom stereocenters. The summed E-state index contributed by atoms with van der Waals surface area (Å²) in [6, 6.07) is 10.4. The molecular formula is C11H6ClN3O. The number of benzene rings is 1. The van der Waals surface area contributed by atoms with Crippen LogP contribution in [0.15, 0.2) is 36.5 Å². The summed E-state index contributed by atoms with van der Waals surface area (Å²) in [6.45, 7) is 0. The summed E-state index contributed by atoms with van der Waals surface area (Å²) in [4.78, 5) is 0. The second-order valence-electron chi connectivity index (χ2n) is 2.89. The monoisotopic (exact) mass is 231 g/mol. The average Bonchev–Trinajstić information content (AvgIpc) is 2.33. The summed E-state index contributed by atoms with van der Waals surface area (Å²) in [5.74, 6) is 0.597. The van der Waals surface area contributed by atoms with E-state index < -0.39 is 0 Å². The van der Waals surface area contributed by atoms with Gasteiger partial charge >= 0.3 is 0 Å². The summed E-state index contributed by atoms with van der Waals surface area (Å²) in [7, 11) is 0. The molecule has 0 N–H and O–H groups in total. The normalized spacial score (nSPS) is 9.50. The highest BCUT2D eigenvalue weighted by molar-refractivity contribution is 6.32. The van der Waals surface area contributed by atoms with Crippen LogP contribution in [0.25, 0.3) is 0 Å². The molecule has 5 heteroatoms. The molecule has 2 aromatic rings. The third-order valence-electron chi connectivity index (χ3n) is 1.85. The molecule has 0 aliphatic carbocycles. The quantitative estimate of drug-likeness (QED) is 0.797. The number of nitrogens with zero attached hydrogens (tertiary/aromatic N) is 3. The second kappa shape index (κ2) is 4.60. The van der Waals surface area contributed by atoms with Crippen LogP contribution in [-0.2, 0) is 0 Å². The maximum Gasteiger partial charge on any atom is 0.257 e. The van der Waals surface area contributed by atoms with Crippen LogP contribution < -0.4 is 4.74 Å². The van der Waals surface area contributed by atoms with E-state index in [9.17, 15) is 0 Å². The Morgan fingerprint density at radius 3 is 2.81 bits per heavy atom. The fourth-order valence-corrected chi connectivity index (χ4v) is 1.29. The molecule has 16 heavy (non-hydrogen) atoms. The maximum atomic E-state index is 8.83. The molecule has 4 nitrogen and oxygen atoms in total. The number of para-hydroxylation sites is 1. The van der Waals surface area contributed by atoms with Crippen LogP contribution in [0.5, 0.6) is 11.6 Å². The van der Waals surface area contributed by atoms with Crippen molar-refractivity contribution < 1.29 is 4.74 Å². The van der Waals surface area contributed by atoms with E-state index >= 15 is 0 Å². The predicted octanol–water partition coefficient (Wildman–Crippen LogP) is 2.79. The lowest BCUT2D eigenvalue weighted by Gasteiger charge is -2.05. The van der Waals surface area contributed by atoms with Crippen LogP contribution in [0.2, 0.25) is 5.02 Å². The van der Waals surface area contributed by atoms with Crippen molar-refractivity contribution in [2.75, 3.05) is 0 Å². The number of aromatic nitrogens is 2. The molecule has 0 saturated heterocycles. The number of halogens is 1. The van der Waals surface area contributed by atoms with Crippen molar-refractivity contribution in [2.45, 2.75) is 0 Å². The topological polar surface area (TPSA) is 58.8 Å². The Bertz CT molecular complexity index is 551. The molecule has 1 heterocycles. The highest BCUT2D eigenvalue weighted by Crippen LogP contribution is 2.28. The maximum absolute atomic E-state index is 8.83. The molecule has 0 bridgehead atoms. The Labute approximate surface area is 97.1 Å². The fourth-order valence-electron chi connectivity index (χ4n) is 1.11. The standard InChI is InChI=1S/C11H6ClN3O/c12-9-3-1-2-4-10(9)16-11-8(7-13)5-6-14-15-11/h1-6H. The van der Waals surface area contributed by atoms with Crippen molar-refractivity contribution in [3.63, 3.8) is 0 Å². The number of hydrogen-bond donors (Lipinski definition) is 0. The summed E-state index contributed by atoms with van der Waals surface area (Å²) in [5.41, 5.74) is 0.315. The second-order valence-corrected chi connectivity index (χ2v) is 3.30. The molecule has 0 unspecified atom stereocenters. The lowest BCUT2D eigenvalue weighted by molar-refractivity contribution is 0.453. The SMILES string of the molecule is N#Cc1ccnnc1Oc1ccccc1Cl. The van der Waals surface area contributed by atoms with Crippen molar-refractivity contribution in [3.8, 4) is 17.7 Å². The van der Waals surface area contributed by atoms with E-state index in [1.54, 1.807) is 24.3 Å². The molecule has 0 spiro atoms. The average molecular weight is 232 g/mol. The Morgan fingerprint density at radius 2 is 2.06 bits per heavy atom. The van der Waals surface area contributed by atoms with Gasteiger partial charge in [0.25, 0.3) is 5.88 Å². The van der Waals surface area contributed by atoms with Gasteiger partial charge in [0, 0.05) is 0 Å². The first kappa shape index (κ1) is 10.4. The van der Waals surface area contributed by atoms with Gasteiger partial charge in [0.05, 0.1) is 11.2 Å². The van der Waals surface area contributed by atoms with Crippen LogP contribution in [0, 0.1) is 11.3 Å². The van der Waals surface area contributed by atoms with Gasteiger partial charge < -0.3 is 4.74 Å². The summed E-state index contributed by atoms with van der Waals surface area (Å²) in [6.07, 6.45) is 1.43. The zero-order valence-corrected chi connectivity index (χ0v) is 8.85. The van der Waals surface area contributed by atoms with Gasteiger partial charge in [0.15, 0.2) is 0 Å². The Morgan fingerprint density at radius 1 is 1.25 bits per heavy atom. The van der Waals surface area contributed by atoms with Gasteiger partial charge in [-0.25, -0.2) is 0 Å². The first-order valence-electron chi connectivity index (χ1n) is 4.45. The molecular weight excluding hydrogens is 226 g/mol. The van der Waals surface area contributed by atoms with E-state index in [4.69, 9.17) is 21.6 Å². The largest absolute Gasteiger partial charge is 0.435 e. The van der Waals surface area contributed by atoms with Crippen LogP contribution >= 0.6 is 11.6 Å². The Hall–Kier alpha value is -2.12. The molecule has 2 rings (SSSR count). The van der Waals surface area contributed by atoms with E-state index in [1.807, 2.05) is 6.07 Å². The molecule has 0 aliphatic rings. The minimum Gasteiger partial charge on any atom is -0.435 e. The van der Waals surface area contributed by atoms with Gasteiger partial charge in [-0.15, -0.1) is 5.10 Å². The van der Waals surface area contributed by atoms with E-state index in [0.29, 0.717) is 16.3 Å². The van der Waals surface area contributed by atoms with Gasteiger partial charge in [0.1, 0.15) is 17.4 Å². The third-order valence-corrected chi connectivity index (χ3v) is 2.16. The van der Waals surface area contributed by atoms with E-state index in [2.05, 4.69) is 10.2 Å². The molecule has 1 aromatic carbocycles.